The number of carbonyl (C=O) groups is 1. The standard InChI is InChI=1S/C16H12ClF3N2O2/c17-13-6-1-2-7-14(13)24-10-15(23)22-21-9-11-4-3-5-12(8-11)16(18,19)20/h1-9H,10H2,(H,22,23)/b21-9+. The number of hydrogen-bond acceptors (Lipinski definition) is 3. The fourth-order valence-corrected chi connectivity index (χ4v) is 1.90. The summed E-state index contributed by atoms with van der Waals surface area (Å²) in [5, 5.41) is 3.95. The van der Waals surface area contributed by atoms with Crippen LogP contribution in [0.2, 0.25) is 5.02 Å². The Morgan fingerprint density at radius 3 is 2.67 bits per heavy atom. The van der Waals surface area contributed by atoms with Gasteiger partial charge in [0, 0.05) is 0 Å². The van der Waals surface area contributed by atoms with Crippen molar-refractivity contribution in [2.75, 3.05) is 6.61 Å². The van der Waals surface area contributed by atoms with E-state index in [1.165, 1.54) is 12.1 Å². The summed E-state index contributed by atoms with van der Waals surface area (Å²) in [4.78, 5) is 11.6. The zero-order valence-corrected chi connectivity index (χ0v) is 12.9. The van der Waals surface area contributed by atoms with Crippen LogP contribution in [0.1, 0.15) is 11.1 Å². The first-order chi connectivity index (χ1) is 11.4. The minimum absolute atomic E-state index is 0.206. The Morgan fingerprint density at radius 1 is 1.21 bits per heavy atom. The molecule has 0 fully saturated rings. The minimum Gasteiger partial charge on any atom is -0.482 e. The summed E-state index contributed by atoms with van der Waals surface area (Å²) in [6, 6.07) is 11.2. The lowest BCUT2D eigenvalue weighted by Crippen LogP contribution is -2.24. The molecule has 0 aromatic heterocycles. The van der Waals surface area contributed by atoms with Crippen LogP contribution in [-0.4, -0.2) is 18.7 Å². The quantitative estimate of drug-likeness (QED) is 0.652. The molecular weight excluding hydrogens is 345 g/mol. The van der Waals surface area contributed by atoms with Gasteiger partial charge in [-0.3, -0.25) is 4.79 Å². The molecule has 0 spiro atoms. The average molecular weight is 357 g/mol. The van der Waals surface area contributed by atoms with Crippen LogP contribution in [0, 0.1) is 0 Å². The van der Waals surface area contributed by atoms with E-state index in [1.807, 2.05) is 0 Å². The number of ether oxygens (including phenoxy) is 1. The van der Waals surface area contributed by atoms with E-state index in [1.54, 1.807) is 24.3 Å². The fraction of sp³-hybridized carbons (Fsp3) is 0.125. The third-order valence-electron chi connectivity index (χ3n) is 2.81. The molecule has 0 aliphatic heterocycles. The van der Waals surface area contributed by atoms with Crippen LogP contribution in [-0.2, 0) is 11.0 Å². The third-order valence-corrected chi connectivity index (χ3v) is 3.12. The molecule has 2 aromatic rings. The summed E-state index contributed by atoms with van der Waals surface area (Å²) in [7, 11) is 0. The number of nitrogens with zero attached hydrogens (tertiary/aromatic N) is 1. The minimum atomic E-state index is -4.43. The molecule has 0 heterocycles. The van der Waals surface area contributed by atoms with E-state index >= 15 is 0 Å². The Bertz CT molecular complexity index is 748. The number of carbonyl (C=O) groups excluding carboxylic acids is 1. The van der Waals surface area contributed by atoms with Crippen LogP contribution in [0.3, 0.4) is 0 Å². The van der Waals surface area contributed by atoms with Gasteiger partial charge in [0.2, 0.25) is 0 Å². The Morgan fingerprint density at radius 2 is 1.96 bits per heavy atom. The number of amides is 1. The molecule has 0 radical (unpaired) electrons. The van der Waals surface area contributed by atoms with Gasteiger partial charge < -0.3 is 4.74 Å². The molecule has 1 N–H and O–H groups in total. The second-order valence-corrected chi connectivity index (χ2v) is 5.04. The van der Waals surface area contributed by atoms with Crippen molar-refractivity contribution in [1.29, 1.82) is 0 Å². The maximum absolute atomic E-state index is 12.6. The average Bonchev–Trinajstić information content (AvgIpc) is 2.54. The molecule has 2 rings (SSSR count). The number of alkyl halides is 3. The normalized spacial score (nSPS) is 11.5. The van der Waals surface area contributed by atoms with Crippen molar-refractivity contribution < 1.29 is 22.7 Å². The van der Waals surface area contributed by atoms with Gasteiger partial charge in [-0.25, -0.2) is 5.43 Å². The summed E-state index contributed by atoms with van der Waals surface area (Å²) in [6.07, 6.45) is -3.32. The van der Waals surface area contributed by atoms with E-state index in [9.17, 15) is 18.0 Å². The van der Waals surface area contributed by atoms with Gasteiger partial charge in [-0.2, -0.15) is 18.3 Å². The third kappa shape index (κ3) is 5.27. The van der Waals surface area contributed by atoms with E-state index in [-0.39, 0.29) is 12.2 Å². The van der Waals surface area contributed by atoms with Crippen LogP contribution in [0.25, 0.3) is 0 Å². The van der Waals surface area contributed by atoms with Gasteiger partial charge >= 0.3 is 6.18 Å². The smallest absolute Gasteiger partial charge is 0.416 e. The molecule has 0 unspecified atom stereocenters. The second-order valence-electron chi connectivity index (χ2n) is 4.64. The summed E-state index contributed by atoms with van der Waals surface area (Å²) < 4.78 is 42.9. The van der Waals surface area contributed by atoms with E-state index < -0.39 is 17.6 Å². The van der Waals surface area contributed by atoms with Crippen molar-refractivity contribution in [2.24, 2.45) is 5.10 Å². The lowest BCUT2D eigenvalue weighted by molar-refractivity contribution is -0.137. The van der Waals surface area contributed by atoms with Gasteiger partial charge in [0.1, 0.15) is 5.75 Å². The van der Waals surface area contributed by atoms with Crippen LogP contribution >= 0.6 is 11.6 Å². The van der Waals surface area contributed by atoms with E-state index in [2.05, 4.69) is 10.5 Å². The summed E-state index contributed by atoms with van der Waals surface area (Å²) >= 11 is 5.87. The topological polar surface area (TPSA) is 50.7 Å². The number of para-hydroxylation sites is 1. The highest BCUT2D eigenvalue weighted by Gasteiger charge is 2.30. The van der Waals surface area contributed by atoms with Gasteiger partial charge in [0.15, 0.2) is 6.61 Å². The Kier molecular flexibility index (Phi) is 5.81. The maximum atomic E-state index is 12.6. The predicted molar refractivity (Wildman–Crippen MR) is 84.1 cm³/mol. The molecular formula is C16H12ClF3N2O2. The van der Waals surface area contributed by atoms with Crippen molar-refractivity contribution in [3.63, 3.8) is 0 Å². The molecule has 0 bridgehead atoms. The largest absolute Gasteiger partial charge is 0.482 e. The zero-order chi connectivity index (χ0) is 17.6. The SMILES string of the molecule is O=C(COc1ccccc1Cl)N/N=C/c1cccc(C(F)(F)F)c1. The molecule has 0 aliphatic carbocycles. The summed E-state index contributed by atoms with van der Waals surface area (Å²) in [6.45, 7) is -0.330. The lowest BCUT2D eigenvalue weighted by Gasteiger charge is -2.07. The summed E-state index contributed by atoms with van der Waals surface area (Å²) in [5.74, 6) is -0.227. The fourth-order valence-electron chi connectivity index (χ4n) is 1.71. The Balaban J connectivity index is 1.88. The number of hydrazone groups is 1. The highest BCUT2D eigenvalue weighted by molar-refractivity contribution is 6.32. The molecule has 8 heteroatoms. The van der Waals surface area contributed by atoms with Crippen molar-refractivity contribution in [3.8, 4) is 5.75 Å². The number of nitrogens with one attached hydrogen (secondary N) is 1. The maximum Gasteiger partial charge on any atom is 0.416 e. The molecule has 126 valence electrons. The predicted octanol–water partition coefficient (Wildman–Crippen LogP) is 3.89. The monoisotopic (exact) mass is 356 g/mol. The van der Waals surface area contributed by atoms with Gasteiger partial charge in [0.25, 0.3) is 5.91 Å². The first kappa shape index (κ1) is 17.8. The molecule has 1 amide bonds. The van der Waals surface area contributed by atoms with Crippen molar-refractivity contribution in [1.82, 2.24) is 5.43 Å². The first-order valence-electron chi connectivity index (χ1n) is 6.73. The molecule has 0 aliphatic rings. The van der Waals surface area contributed by atoms with Gasteiger partial charge in [-0.15, -0.1) is 0 Å². The number of halogens is 4. The molecule has 2 aromatic carbocycles. The molecule has 0 saturated heterocycles. The number of benzene rings is 2. The first-order valence-corrected chi connectivity index (χ1v) is 7.10. The molecule has 4 nitrogen and oxygen atoms in total. The van der Waals surface area contributed by atoms with Crippen LogP contribution in [0.5, 0.6) is 5.75 Å². The number of rotatable bonds is 5. The molecule has 0 atom stereocenters. The van der Waals surface area contributed by atoms with Crippen molar-refractivity contribution in [2.45, 2.75) is 6.18 Å². The van der Waals surface area contributed by atoms with Gasteiger partial charge in [-0.05, 0) is 29.8 Å². The van der Waals surface area contributed by atoms with E-state index in [0.29, 0.717) is 10.8 Å². The van der Waals surface area contributed by atoms with Gasteiger partial charge in [0.05, 0.1) is 16.8 Å². The lowest BCUT2D eigenvalue weighted by atomic mass is 10.1. The van der Waals surface area contributed by atoms with E-state index in [0.717, 1.165) is 18.3 Å². The van der Waals surface area contributed by atoms with Crippen molar-refractivity contribution in [3.05, 3.63) is 64.7 Å². The highest BCUT2D eigenvalue weighted by Crippen LogP contribution is 2.29. The van der Waals surface area contributed by atoms with Crippen molar-refractivity contribution >= 4 is 23.7 Å². The zero-order valence-electron chi connectivity index (χ0n) is 12.2. The Hall–Kier alpha value is -2.54. The van der Waals surface area contributed by atoms with Crippen LogP contribution in [0.15, 0.2) is 53.6 Å². The summed E-state index contributed by atoms with van der Waals surface area (Å²) in [5.41, 5.74) is 1.57. The van der Waals surface area contributed by atoms with Crippen LogP contribution in [0.4, 0.5) is 13.2 Å². The van der Waals surface area contributed by atoms with E-state index in [4.69, 9.17) is 16.3 Å². The molecule has 0 saturated carbocycles. The number of hydrogen-bond donors (Lipinski definition) is 1. The Labute approximate surface area is 140 Å². The van der Waals surface area contributed by atoms with Gasteiger partial charge in [-0.1, -0.05) is 35.9 Å². The highest BCUT2D eigenvalue weighted by atomic mass is 35.5. The molecule has 24 heavy (non-hydrogen) atoms. The van der Waals surface area contributed by atoms with Crippen LogP contribution < -0.4 is 10.2 Å². The second kappa shape index (κ2) is 7.83.